The third-order valence-electron chi connectivity index (χ3n) is 3.01. The van der Waals surface area contributed by atoms with Gasteiger partial charge >= 0.3 is 5.00 Å². The average Bonchev–Trinajstić information content (AvgIpc) is 3.06. The zero-order valence-corrected chi connectivity index (χ0v) is 11.6. The quantitative estimate of drug-likeness (QED) is 0.508. The van der Waals surface area contributed by atoms with Crippen molar-refractivity contribution in [2.24, 2.45) is 0 Å². The van der Waals surface area contributed by atoms with Gasteiger partial charge in [-0.25, -0.2) is 0 Å². The van der Waals surface area contributed by atoms with Crippen molar-refractivity contribution >= 4 is 39.7 Å². The third kappa shape index (κ3) is 2.23. The highest BCUT2D eigenvalue weighted by Crippen LogP contribution is 2.27. The molecule has 0 aliphatic carbocycles. The Morgan fingerprint density at radius 1 is 1.18 bits per heavy atom. The molecule has 0 saturated heterocycles. The Morgan fingerprint density at radius 2 is 1.95 bits per heavy atom. The van der Waals surface area contributed by atoms with E-state index in [0.29, 0.717) is 0 Å². The van der Waals surface area contributed by atoms with Crippen LogP contribution in [0.2, 0.25) is 0 Å². The number of anilines is 1. The molecule has 1 aliphatic rings. The zero-order valence-electron chi connectivity index (χ0n) is 10.8. The van der Waals surface area contributed by atoms with Crippen LogP contribution in [0.15, 0.2) is 30.3 Å². The van der Waals surface area contributed by atoms with E-state index in [1.165, 1.54) is 30.3 Å². The van der Waals surface area contributed by atoms with Crippen molar-refractivity contribution in [2.75, 3.05) is 5.32 Å². The van der Waals surface area contributed by atoms with Crippen molar-refractivity contribution in [2.45, 2.75) is 0 Å². The lowest BCUT2D eigenvalue weighted by Crippen LogP contribution is -2.20. The van der Waals surface area contributed by atoms with Crippen molar-refractivity contribution in [1.82, 2.24) is 5.32 Å². The second-order valence-corrected chi connectivity index (χ2v) is 5.42. The molecule has 1 aliphatic heterocycles. The molecule has 8 nitrogen and oxygen atoms in total. The molecule has 0 radical (unpaired) electrons. The minimum Gasteiger partial charge on any atom is -0.321 e. The van der Waals surface area contributed by atoms with Gasteiger partial charge in [0.2, 0.25) is 0 Å². The summed E-state index contributed by atoms with van der Waals surface area (Å²) in [4.78, 5) is 45.5. The second kappa shape index (κ2) is 5.04. The van der Waals surface area contributed by atoms with Gasteiger partial charge in [-0.3, -0.25) is 29.8 Å². The van der Waals surface area contributed by atoms with E-state index in [-0.39, 0.29) is 26.7 Å². The molecule has 22 heavy (non-hydrogen) atoms. The number of hydrogen-bond donors (Lipinski definition) is 2. The molecule has 2 heterocycles. The van der Waals surface area contributed by atoms with Crippen molar-refractivity contribution in [1.29, 1.82) is 0 Å². The first-order valence-electron chi connectivity index (χ1n) is 6.01. The Hall–Kier alpha value is -3.07. The fourth-order valence-corrected chi connectivity index (χ4v) is 2.77. The average molecular weight is 317 g/mol. The van der Waals surface area contributed by atoms with Crippen LogP contribution in [0, 0.1) is 10.1 Å². The summed E-state index contributed by atoms with van der Waals surface area (Å²) in [5.74, 6) is -1.70. The van der Waals surface area contributed by atoms with Crippen LogP contribution < -0.4 is 10.6 Å². The van der Waals surface area contributed by atoms with Gasteiger partial charge in [-0.05, 0) is 18.2 Å². The van der Waals surface area contributed by atoms with Gasteiger partial charge in [-0.1, -0.05) is 17.4 Å². The molecule has 2 aromatic rings. The highest BCUT2D eigenvalue weighted by atomic mass is 32.1. The number of hydrogen-bond acceptors (Lipinski definition) is 6. The number of amides is 3. The third-order valence-corrected chi connectivity index (χ3v) is 4.04. The maximum Gasteiger partial charge on any atom is 0.324 e. The number of fused-ring (bicyclic) bond motifs is 1. The van der Waals surface area contributed by atoms with Crippen molar-refractivity contribution in [3.05, 3.63) is 56.5 Å². The van der Waals surface area contributed by atoms with Crippen molar-refractivity contribution in [3.63, 3.8) is 0 Å². The van der Waals surface area contributed by atoms with E-state index < -0.39 is 22.6 Å². The number of nitrogens with zero attached hydrogens (tertiary/aromatic N) is 1. The molecule has 0 fully saturated rings. The van der Waals surface area contributed by atoms with Crippen LogP contribution in [0.1, 0.15) is 30.4 Å². The zero-order chi connectivity index (χ0) is 15.9. The van der Waals surface area contributed by atoms with E-state index in [2.05, 4.69) is 10.6 Å². The molecule has 1 aromatic carbocycles. The highest BCUT2D eigenvalue weighted by Gasteiger charge is 2.30. The van der Waals surface area contributed by atoms with Crippen LogP contribution >= 0.6 is 11.3 Å². The number of nitrogens with one attached hydrogen (secondary N) is 2. The van der Waals surface area contributed by atoms with Gasteiger partial charge in [-0.2, -0.15) is 0 Å². The smallest absolute Gasteiger partial charge is 0.321 e. The lowest BCUT2D eigenvalue weighted by Gasteiger charge is -2.06. The summed E-state index contributed by atoms with van der Waals surface area (Å²) >= 11 is 0.724. The molecule has 0 bridgehead atoms. The molecule has 1 aromatic heterocycles. The number of carbonyl (C=O) groups is 3. The SMILES string of the molecule is O=C(Nc1cccc2c1C(=O)NC2=O)c1ccc([N+](=O)[O-])s1. The van der Waals surface area contributed by atoms with Gasteiger partial charge in [0.05, 0.1) is 26.6 Å². The molecular formula is C13H7N3O5S. The number of rotatable bonds is 3. The Balaban J connectivity index is 1.91. The molecule has 0 spiro atoms. The summed E-state index contributed by atoms with van der Waals surface area (Å²) in [6, 6.07) is 7.04. The van der Waals surface area contributed by atoms with E-state index in [1.54, 1.807) is 0 Å². The predicted molar refractivity (Wildman–Crippen MR) is 77.2 cm³/mol. The molecule has 3 amide bonds. The molecule has 110 valence electrons. The molecule has 0 saturated carbocycles. The molecule has 0 atom stereocenters. The van der Waals surface area contributed by atoms with Gasteiger partial charge in [0.25, 0.3) is 17.7 Å². The maximum atomic E-state index is 12.1. The van der Waals surface area contributed by atoms with Crippen molar-refractivity contribution in [3.8, 4) is 0 Å². The maximum absolute atomic E-state index is 12.1. The van der Waals surface area contributed by atoms with Crippen LogP contribution in [0.4, 0.5) is 10.7 Å². The minimum atomic E-state index is -0.590. The first-order valence-corrected chi connectivity index (χ1v) is 6.83. The number of carbonyl (C=O) groups excluding carboxylic acids is 3. The van der Waals surface area contributed by atoms with Crippen LogP contribution in [-0.4, -0.2) is 22.6 Å². The molecule has 2 N–H and O–H groups in total. The van der Waals surface area contributed by atoms with E-state index in [1.807, 2.05) is 0 Å². The number of benzene rings is 1. The predicted octanol–water partition coefficient (Wildman–Crippen LogP) is 1.79. The largest absolute Gasteiger partial charge is 0.324 e. The van der Waals surface area contributed by atoms with E-state index in [4.69, 9.17) is 0 Å². The fraction of sp³-hybridized carbons (Fsp3) is 0. The van der Waals surface area contributed by atoms with Gasteiger partial charge in [0, 0.05) is 6.07 Å². The summed E-state index contributed by atoms with van der Waals surface area (Å²) in [5, 5.41) is 15.1. The van der Waals surface area contributed by atoms with E-state index >= 15 is 0 Å². The Bertz CT molecular complexity index is 842. The van der Waals surface area contributed by atoms with Crippen molar-refractivity contribution < 1.29 is 19.3 Å². The van der Waals surface area contributed by atoms with Gasteiger partial charge in [-0.15, -0.1) is 0 Å². The van der Waals surface area contributed by atoms with Crippen LogP contribution in [0.3, 0.4) is 0 Å². The van der Waals surface area contributed by atoms with E-state index in [0.717, 1.165) is 11.3 Å². The Kier molecular flexibility index (Phi) is 3.18. The standard InChI is InChI=1S/C13H7N3O5S/c17-11-6-2-1-3-7(10(6)13(19)15-11)14-12(18)8-4-5-9(22-8)16(20)21/h1-5H,(H,14,18)(H,15,17,19). The second-order valence-electron chi connectivity index (χ2n) is 4.36. The summed E-state index contributed by atoms with van der Waals surface area (Å²) in [5.41, 5.74) is 0.453. The minimum absolute atomic E-state index is 0.0897. The van der Waals surface area contributed by atoms with Gasteiger partial charge in [0.15, 0.2) is 0 Å². The summed E-state index contributed by atoms with van der Waals surface area (Å²) in [6.45, 7) is 0. The molecule has 9 heteroatoms. The topological polar surface area (TPSA) is 118 Å². The number of imide groups is 1. The first kappa shape index (κ1) is 13.9. The first-order chi connectivity index (χ1) is 10.5. The van der Waals surface area contributed by atoms with E-state index in [9.17, 15) is 24.5 Å². The van der Waals surface area contributed by atoms with Crippen LogP contribution in [-0.2, 0) is 0 Å². The monoisotopic (exact) mass is 317 g/mol. The summed E-state index contributed by atoms with van der Waals surface area (Å²) < 4.78 is 0. The van der Waals surface area contributed by atoms with Crippen LogP contribution in [0.5, 0.6) is 0 Å². The Morgan fingerprint density at radius 3 is 2.64 bits per heavy atom. The number of nitro groups is 1. The van der Waals surface area contributed by atoms with Crippen LogP contribution in [0.25, 0.3) is 0 Å². The Labute approximate surface area is 126 Å². The number of thiophene rings is 1. The highest BCUT2D eigenvalue weighted by molar-refractivity contribution is 7.17. The molecule has 0 unspecified atom stereocenters. The fourth-order valence-electron chi connectivity index (χ4n) is 2.06. The lowest BCUT2D eigenvalue weighted by molar-refractivity contribution is -0.380. The molecular weight excluding hydrogens is 310 g/mol. The summed E-state index contributed by atoms with van der Waals surface area (Å²) in [6.07, 6.45) is 0. The molecule has 3 rings (SSSR count). The normalized spacial score (nSPS) is 12.7. The lowest BCUT2D eigenvalue weighted by atomic mass is 10.1. The van der Waals surface area contributed by atoms with Gasteiger partial charge < -0.3 is 5.32 Å². The van der Waals surface area contributed by atoms with Gasteiger partial charge in [0.1, 0.15) is 0 Å². The summed E-state index contributed by atoms with van der Waals surface area (Å²) in [7, 11) is 0.